The van der Waals surface area contributed by atoms with Crippen molar-refractivity contribution in [1.82, 2.24) is 15.1 Å². The summed E-state index contributed by atoms with van der Waals surface area (Å²) >= 11 is 0. The third kappa shape index (κ3) is 3.39. The lowest BCUT2D eigenvalue weighted by atomic mass is 9.94. The Kier molecular flexibility index (Phi) is 4.68. The van der Waals surface area contributed by atoms with Crippen LogP contribution < -0.4 is 5.32 Å². The van der Waals surface area contributed by atoms with Crippen LogP contribution in [-0.2, 0) is 9.59 Å². The second-order valence-corrected chi connectivity index (χ2v) is 8.41. The normalized spacial score (nSPS) is 32.0. The molecule has 0 bridgehead atoms. The zero-order valence-corrected chi connectivity index (χ0v) is 14.8. The van der Waals surface area contributed by atoms with E-state index in [0.717, 1.165) is 25.8 Å². The van der Waals surface area contributed by atoms with Crippen molar-refractivity contribution in [3.05, 3.63) is 0 Å². The van der Waals surface area contributed by atoms with Gasteiger partial charge in [0.1, 0.15) is 6.04 Å². The maximum atomic E-state index is 12.8. The van der Waals surface area contributed by atoms with Crippen LogP contribution in [0.3, 0.4) is 0 Å². The van der Waals surface area contributed by atoms with Crippen molar-refractivity contribution < 1.29 is 9.59 Å². The van der Waals surface area contributed by atoms with Gasteiger partial charge in [0, 0.05) is 30.6 Å². The highest BCUT2D eigenvalue weighted by atomic mass is 16.2. The minimum Gasteiger partial charge on any atom is -0.350 e. The van der Waals surface area contributed by atoms with Gasteiger partial charge in [-0.2, -0.15) is 0 Å². The highest BCUT2D eigenvalue weighted by Crippen LogP contribution is 2.29. The molecule has 0 aromatic carbocycles. The second kappa shape index (κ2) is 6.42. The quantitative estimate of drug-likeness (QED) is 0.843. The van der Waals surface area contributed by atoms with E-state index in [0.29, 0.717) is 12.6 Å². The number of amides is 2. The summed E-state index contributed by atoms with van der Waals surface area (Å²) in [4.78, 5) is 29.7. The molecular weight excluding hydrogens is 290 g/mol. The van der Waals surface area contributed by atoms with Crippen LogP contribution in [0.25, 0.3) is 0 Å². The molecule has 0 aromatic heterocycles. The molecule has 0 saturated carbocycles. The van der Waals surface area contributed by atoms with E-state index in [-0.39, 0.29) is 23.9 Å². The van der Waals surface area contributed by atoms with Crippen LogP contribution in [0, 0.1) is 5.41 Å². The molecule has 3 aliphatic heterocycles. The van der Waals surface area contributed by atoms with Crippen LogP contribution in [0.4, 0.5) is 0 Å². The van der Waals surface area contributed by atoms with Gasteiger partial charge in [0.15, 0.2) is 0 Å². The van der Waals surface area contributed by atoms with E-state index in [1.165, 1.54) is 25.8 Å². The SMILES string of the molecule is CC(C)(C)C(=O)N1CCC[C@@H]1C(=O)N[C@@H]1CCN2CCCC[C@@H]12. The Labute approximate surface area is 139 Å². The number of fused-ring (bicyclic) bond motifs is 1. The zero-order valence-electron chi connectivity index (χ0n) is 14.8. The molecule has 0 radical (unpaired) electrons. The molecule has 2 amide bonds. The largest absolute Gasteiger partial charge is 0.350 e. The first-order valence-corrected chi connectivity index (χ1v) is 9.23. The van der Waals surface area contributed by atoms with Crippen LogP contribution in [0.1, 0.15) is 59.3 Å². The lowest BCUT2D eigenvalue weighted by Gasteiger charge is -2.34. The lowest BCUT2D eigenvalue weighted by molar-refractivity contribution is -0.144. The van der Waals surface area contributed by atoms with Crippen LogP contribution in [-0.4, -0.2) is 59.4 Å². The number of rotatable bonds is 2. The Morgan fingerprint density at radius 3 is 2.48 bits per heavy atom. The van der Waals surface area contributed by atoms with Gasteiger partial charge in [-0.05, 0) is 38.6 Å². The number of hydrogen-bond donors (Lipinski definition) is 1. The first-order valence-electron chi connectivity index (χ1n) is 9.23. The average molecular weight is 321 g/mol. The van der Waals surface area contributed by atoms with Gasteiger partial charge in [-0.3, -0.25) is 14.5 Å². The summed E-state index contributed by atoms with van der Waals surface area (Å²) in [5.74, 6) is 0.165. The minimum absolute atomic E-state index is 0.0672. The topological polar surface area (TPSA) is 52.7 Å². The van der Waals surface area contributed by atoms with Crippen molar-refractivity contribution in [3.8, 4) is 0 Å². The van der Waals surface area contributed by atoms with Crippen molar-refractivity contribution in [3.63, 3.8) is 0 Å². The maximum Gasteiger partial charge on any atom is 0.243 e. The van der Waals surface area contributed by atoms with E-state index >= 15 is 0 Å². The monoisotopic (exact) mass is 321 g/mol. The Bertz CT molecular complexity index is 471. The van der Waals surface area contributed by atoms with Gasteiger partial charge in [-0.1, -0.05) is 27.2 Å². The van der Waals surface area contributed by atoms with Gasteiger partial charge in [0.05, 0.1) is 0 Å². The molecule has 23 heavy (non-hydrogen) atoms. The van der Waals surface area contributed by atoms with Crippen LogP contribution in [0.5, 0.6) is 0 Å². The van der Waals surface area contributed by atoms with Gasteiger partial charge in [0.2, 0.25) is 11.8 Å². The molecule has 3 heterocycles. The summed E-state index contributed by atoms with van der Waals surface area (Å²) in [5, 5.41) is 3.28. The molecule has 5 nitrogen and oxygen atoms in total. The molecule has 3 atom stereocenters. The molecule has 3 fully saturated rings. The molecule has 0 aromatic rings. The van der Waals surface area contributed by atoms with E-state index < -0.39 is 5.41 Å². The highest BCUT2D eigenvalue weighted by Gasteiger charge is 2.41. The van der Waals surface area contributed by atoms with Crippen molar-refractivity contribution in [2.75, 3.05) is 19.6 Å². The molecule has 1 N–H and O–H groups in total. The Morgan fingerprint density at radius 2 is 1.74 bits per heavy atom. The summed E-state index contributed by atoms with van der Waals surface area (Å²) in [5.41, 5.74) is -0.420. The second-order valence-electron chi connectivity index (χ2n) is 8.41. The molecule has 3 rings (SSSR count). The molecule has 0 aliphatic carbocycles. The van der Waals surface area contributed by atoms with E-state index in [9.17, 15) is 9.59 Å². The number of nitrogens with zero attached hydrogens (tertiary/aromatic N) is 2. The van der Waals surface area contributed by atoms with E-state index in [4.69, 9.17) is 0 Å². The van der Waals surface area contributed by atoms with Crippen molar-refractivity contribution >= 4 is 11.8 Å². The average Bonchev–Trinajstić information content (AvgIpc) is 3.13. The summed E-state index contributed by atoms with van der Waals surface area (Å²) in [6.45, 7) is 8.78. The molecule has 0 unspecified atom stereocenters. The van der Waals surface area contributed by atoms with Crippen LogP contribution >= 0.6 is 0 Å². The summed E-state index contributed by atoms with van der Waals surface area (Å²) in [6, 6.07) is 0.523. The highest BCUT2D eigenvalue weighted by molar-refractivity contribution is 5.90. The minimum atomic E-state index is -0.420. The predicted molar refractivity (Wildman–Crippen MR) is 89.9 cm³/mol. The van der Waals surface area contributed by atoms with Gasteiger partial charge >= 0.3 is 0 Å². The molecule has 5 heteroatoms. The third-order valence-electron chi connectivity index (χ3n) is 5.64. The number of carbonyl (C=O) groups excluding carboxylic acids is 2. The Morgan fingerprint density at radius 1 is 0.957 bits per heavy atom. The van der Waals surface area contributed by atoms with Crippen molar-refractivity contribution in [2.24, 2.45) is 5.41 Å². The molecular formula is C18H31N3O2. The van der Waals surface area contributed by atoms with Gasteiger partial charge in [0.25, 0.3) is 0 Å². The number of nitrogens with one attached hydrogen (secondary N) is 1. The molecule has 0 spiro atoms. The lowest BCUT2D eigenvalue weighted by Crippen LogP contribution is -2.54. The Balaban J connectivity index is 1.62. The first-order chi connectivity index (χ1) is 10.9. The number of likely N-dealkylation sites (tertiary alicyclic amines) is 1. The number of hydrogen-bond acceptors (Lipinski definition) is 3. The van der Waals surface area contributed by atoms with Gasteiger partial charge in [-0.25, -0.2) is 0 Å². The van der Waals surface area contributed by atoms with Crippen LogP contribution in [0.2, 0.25) is 0 Å². The fourth-order valence-electron chi connectivity index (χ4n) is 4.41. The van der Waals surface area contributed by atoms with Crippen molar-refractivity contribution in [1.29, 1.82) is 0 Å². The third-order valence-corrected chi connectivity index (χ3v) is 5.64. The van der Waals surface area contributed by atoms with E-state index in [2.05, 4.69) is 10.2 Å². The number of carbonyl (C=O) groups is 2. The van der Waals surface area contributed by atoms with E-state index in [1.54, 1.807) is 0 Å². The smallest absolute Gasteiger partial charge is 0.243 e. The van der Waals surface area contributed by atoms with Crippen molar-refractivity contribution in [2.45, 2.75) is 77.4 Å². The predicted octanol–water partition coefficient (Wildman–Crippen LogP) is 1.77. The molecule has 3 aliphatic rings. The summed E-state index contributed by atoms with van der Waals surface area (Å²) in [7, 11) is 0. The van der Waals surface area contributed by atoms with Crippen LogP contribution in [0.15, 0.2) is 0 Å². The van der Waals surface area contributed by atoms with E-state index in [1.807, 2.05) is 25.7 Å². The summed E-state index contributed by atoms with van der Waals surface area (Å²) < 4.78 is 0. The summed E-state index contributed by atoms with van der Waals surface area (Å²) in [6.07, 6.45) is 6.53. The number of piperidine rings is 1. The maximum absolute atomic E-state index is 12.8. The van der Waals surface area contributed by atoms with Gasteiger partial charge < -0.3 is 10.2 Å². The first kappa shape index (κ1) is 16.7. The standard InChI is InChI=1S/C18H31N3O2/c1-18(2,3)17(23)21-11-6-8-15(21)16(22)19-13-9-12-20-10-5-4-7-14(13)20/h13-15H,4-12H2,1-3H3,(H,19,22)/t13-,14+,15-/m1/s1. The fourth-order valence-corrected chi connectivity index (χ4v) is 4.41. The van der Waals surface area contributed by atoms with Gasteiger partial charge in [-0.15, -0.1) is 0 Å². The Hall–Kier alpha value is -1.10. The zero-order chi connectivity index (χ0) is 16.6. The molecule has 130 valence electrons. The molecule has 3 saturated heterocycles. The fraction of sp³-hybridized carbons (Fsp3) is 0.889.